The summed E-state index contributed by atoms with van der Waals surface area (Å²) in [5, 5.41) is 5.73. The van der Waals surface area contributed by atoms with E-state index < -0.39 is 6.04 Å². The number of nitrogens with zero attached hydrogens (tertiary/aromatic N) is 4. The van der Waals surface area contributed by atoms with Crippen molar-refractivity contribution < 1.29 is 9.59 Å². The second-order valence-corrected chi connectivity index (χ2v) is 9.43. The third kappa shape index (κ3) is 6.11. The van der Waals surface area contributed by atoms with Crippen molar-refractivity contribution in [3.8, 4) is 11.8 Å². The molecule has 0 fully saturated rings. The van der Waals surface area contributed by atoms with Crippen molar-refractivity contribution in [1.82, 2.24) is 30.6 Å². The Morgan fingerprint density at radius 3 is 2.27 bits per heavy atom. The summed E-state index contributed by atoms with van der Waals surface area (Å²) in [5.74, 6) is 5.76. The van der Waals surface area contributed by atoms with Crippen molar-refractivity contribution >= 4 is 33.9 Å². The molecule has 198 valence electrons. The van der Waals surface area contributed by atoms with Crippen molar-refractivity contribution in [2.45, 2.75) is 33.2 Å². The molecular weight excluding hydrogens is 500 g/mol. The fourth-order valence-corrected chi connectivity index (χ4v) is 4.32. The maximum Gasteiger partial charge on any atom is 0.252 e. The first-order valence-corrected chi connectivity index (χ1v) is 13.0. The van der Waals surface area contributed by atoms with Crippen LogP contribution in [0.2, 0.25) is 0 Å². The van der Waals surface area contributed by atoms with E-state index in [4.69, 9.17) is 0 Å². The highest BCUT2D eigenvalue weighted by molar-refractivity contribution is 5.99. The highest BCUT2D eigenvalue weighted by Gasteiger charge is 2.22. The highest BCUT2D eigenvalue weighted by atomic mass is 16.2. The molecule has 5 aromatic rings. The van der Waals surface area contributed by atoms with Crippen molar-refractivity contribution in [2.75, 3.05) is 6.54 Å². The lowest BCUT2D eigenvalue weighted by molar-refractivity contribution is -0.122. The number of benzene rings is 3. The van der Waals surface area contributed by atoms with Crippen LogP contribution in [0, 0.1) is 25.7 Å². The third-order valence-electron chi connectivity index (χ3n) is 6.50. The Kier molecular flexibility index (Phi) is 7.74. The molecule has 40 heavy (non-hydrogen) atoms. The number of carbonyl (C=O) groups is 2. The van der Waals surface area contributed by atoms with Gasteiger partial charge < -0.3 is 10.6 Å². The Morgan fingerprint density at radius 2 is 1.50 bits per heavy atom. The first kappa shape index (κ1) is 26.4. The Hall–Kier alpha value is -5.16. The number of rotatable bonds is 6. The van der Waals surface area contributed by atoms with Gasteiger partial charge in [-0.1, -0.05) is 24.0 Å². The van der Waals surface area contributed by atoms with Gasteiger partial charge in [0, 0.05) is 42.0 Å². The molecule has 3 aromatic carbocycles. The number of amides is 2. The minimum Gasteiger partial charge on any atom is -0.355 e. The SMILES string of the molecule is CCNC(=O)[C@@H](Cc1cccc(C#Cc2ccc3nccnc3c2)c1)NC(=O)c1ccc2nc(C)c(C)nc2c1. The summed E-state index contributed by atoms with van der Waals surface area (Å²) in [4.78, 5) is 43.8. The van der Waals surface area contributed by atoms with E-state index in [1.165, 1.54) is 0 Å². The molecule has 5 rings (SSSR count). The standard InChI is InChI=1S/C32H28N6O2/c1-4-33-32(40)30(38-31(39)25-11-13-27-29(19-25)37-21(3)20(2)36-27)18-24-7-5-6-22(16-24)8-9-23-10-12-26-28(17-23)35-15-14-34-26/h5-7,10-17,19,30H,4,18H2,1-3H3,(H,33,40)(H,38,39)/t30-/m1/s1. The van der Waals surface area contributed by atoms with Crippen LogP contribution in [-0.4, -0.2) is 44.3 Å². The minimum atomic E-state index is -0.767. The minimum absolute atomic E-state index is 0.253. The van der Waals surface area contributed by atoms with Crippen LogP contribution < -0.4 is 10.6 Å². The van der Waals surface area contributed by atoms with E-state index in [0.717, 1.165) is 44.6 Å². The van der Waals surface area contributed by atoms with E-state index in [1.54, 1.807) is 30.6 Å². The van der Waals surface area contributed by atoms with Crippen LogP contribution in [0.4, 0.5) is 0 Å². The fourth-order valence-electron chi connectivity index (χ4n) is 4.32. The molecule has 1 atom stereocenters. The van der Waals surface area contributed by atoms with Gasteiger partial charge in [-0.3, -0.25) is 19.6 Å². The molecule has 0 unspecified atom stereocenters. The van der Waals surface area contributed by atoms with Gasteiger partial charge in [-0.15, -0.1) is 0 Å². The van der Waals surface area contributed by atoms with Crippen LogP contribution in [0.3, 0.4) is 0 Å². The van der Waals surface area contributed by atoms with Crippen LogP contribution in [0.1, 0.15) is 45.4 Å². The molecule has 0 aliphatic heterocycles. The molecule has 0 aliphatic carbocycles. The van der Waals surface area contributed by atoms with Crippen molar-refractivity contribution in [1.29, 1.82) is 0 Å². The van der Waals surface area contributed by atoms with Crippen molar-refractivity contribution in [2.24, 2.45) is 0 Å². The first-order valence-electron chi connectivity index (χ1n) is 13.0. The molecule has 8 nitrogen and oxygen atoms in total. The average Bonchev–Trinajstić information content (AvgIpc) is 2.96. The van der Waals surface area contributed by atoms with Gasteiger partial charge in [0.15, 0.2) is 0 Å². The topological polar surface area (TPSA) is 110 Å². The molecular formula is C32H28N6O2. The van der Waals surface area contributed by atoms with Gasteiger partial charge in [-0.05, 0) is 74.9 Å². The second kappa shape index (κ2) is 11.7. The smallest absolute Gasteiger partial charge is 0.252 e. The van der Waals surface area contributed by atoms with Gasteiger partial charge in [0.25, 0.3) is 5.91 Å². The van der Waals surface area contributed by atoms with E-state index in [0.29, 0.717) is 24.0 Å². The number of nitrogens with one attached hydrogen (secondary N) is 2. The predicted molar refractivity (Wildman–Crippen MR) is 155 cm³/mol. The molecule has 2 N–H and O–H groups in total. The molecule has 0 aliphatic rings. The van der Waals surface area contributed by atoms with Crippen molar-refractivity contribution in [3.63, 3.8) is 0 Å². The van der Waals surface area contributed by atoms with Gasteiger partial charge in [0.1, 0.15) is 6.04 Å². The lowest BCUT2D eigenvalue weighted by Gasteiger charge is -2.18. The Labute approximate surface area is 232 Å². The Bertz CT molecular complexity index is 1800. The zero-order chi connectivity index (χ0) is 28.1. The van der Waals surface area contributed by atoms with Gasteiger partial charge >= 0.3 is 0 Å². The predicted octanol–water partition coefficient (Wildman–Crippen LogP) is 4.07. The molecule has 8 heteroatoms. The van der Waals surface area contributed by atoms with Crippen LogP contribution in [0.25, 0.3) is 22.1 Å². The first-order chi connectivity index (χ1) is 19.4. The molecule has 0 saturated carbocycles. The lowest BCUT2D eigenvalue weighted by atomic mass is 10.0. The molecule has 0 saturated heterocycles. The fraction of sp³-hybridized carbons (Fsp3) is 0.188. The van der Waals surface area contributed by atoms with Gasteiger partial charge in [-0.25, -0.2) is 9.97 Å². The van der Waals surface area contributed by atoms with Crippen LogP contribution in [0.5, 0.6) is 0 Å². The summed E-state index contributed by atoms with van der Waals surface area (Å²) in [6, 6.07) is 17.8. The van der Waals surface area contributed by atoms with E-state index in [9.17, 15) is 9.59 Å². The van der Waals surface area contributed by atoms with E-state index >= 15 is 0 Å². The number of aromatic nitrogens is 4. The second-order valence-electron chi connectivity index (χ2n) is 9.43. The molecule has 2 aromatic heterocycles. The molecule has 0 spiro atoms. The maximum atomic E-state index is 13.2. The van der Waals surface area contributed by atoms with Crippen LogP contribution >= 0.6 is 0 Å². The summed E-state index contributed by atoms with van der Waals surface area (Å²) in [7, 11) is 0. The number of hydrogen-bond acceptors (Lipinski definition) is 6. The monoisotopic (exact) mass is 528 g/mol. The van der Waals surface area contributed by atoms with Gasteiger partial charge in [0.05, 0.1) is 33.5 Å². The molecule has 0 bridgehead atoms. The number of likely N-dealkylation sites (N-methyl/N-ethyl adjacent to an activating group) is 1. The zero-order valence-corrected chi connectivity index (χ0v) is 22.5. The Morgan fingerprint density at radius 1 is 0.800 bits per heavy atom. The summed E-state index contributed by atoms with van der Waals surface area (Å²) in [6.45, 7) is 6.09. The van der Waals surface area contributed by atoms with Crippen LogP contribution in [0.15, 0.2) is 73.1 Å². The third-order valence-corrected chi connectivity index (χ3v) is 6.50. The Balaban J connectivity index is 1.35. The van der Waals surface area contributed by atoms with E-state index in [-0.39, 0.29) is 11.8 Å². The highest BCUT2D eigenvalue weighted by Crippen LogP contribution is 2.16. The molecule has 2 heterocycles. The van der Waals surface area contributed by atoms with Crippen molar-refractivity contribution in [3.05, 3.63) is 107 Å². The largest absolute Gasteiger partial charge is 0.355 e. The van der Waals surface area contributed by atoms with Gasteiger partial charge in [0.2, 0.25) is 5.91 Å². The van der Waals surface area contributed by atoms with Crippen LogP contribution in [-0.2, 0) is 11.2 Å². The van der Waals surface area contributed by atoms with E-state index in [2.05, 4.69) is 42.4 Å². The summed E-state index contributed by atoms with van der Waals surface area (Å²) in [5.41, 5.74) is 7.53. The average molecular weight is 529 g/mol. The zero-order valence-electron chi connectivity index (χ0n) is 22.5. The van der Waals surface area contributed by atoms with E-state index in [1.807, 2.05) is 63.2 Å². The molecule has 2 amide bonds. The maximum absolute atomic E-state index is 13.2. The number of hydrogen-bond donors (Lipinski definition) is 2. The number of aryl methyl sites for hydroxylation is 2. The van der Waals surface area contributed by atoms with Gasteiger partial charge in [-0.2, -0.15) is 0 Å². The quantitative estimate of drug-likeness (QED) is 0.322. The number of fused-ring (bicyclic) bond motifs is 2. The number of carbonyl (C=O) groups excluding carboxylic acids is 2. The summed E-state index contributed by atoms with van der Waals surface area (Å²) in [6.07, 6.45) is 3.63. The lowest BCUT2D eigenvalue weighted by Crippen LogP contribution is -2.48. The summed E-state index contributed by atoms with van der Waals surface area (Å²) >= 11 is 0. The molecule has 0 radical (unpaired) electrons. The summed E-state index contributed by atoms with van der Waals surface area (Å²) < 4.78 is 0. The normalized spacial score (nSPS) is 11.5.